The molecule has 3 aromatic rings. The Morgan fingerprint density at radius 1 is 0.967 bits per heavy atom. The molecule has 1 aromatic heterocycles. The molecule has 0 bridgehead atoms. The summed E-state index contributed by atoms with van der Waals surface area (Å²) in [6.45, 7) is 5.62. The number of hydrogen-bond donors (Lipinski definition) is 1. The van der Waals surface area contributed by atoms with Gasteiger partial charge >= 0.3 is 5.69 Å². The van der Waals surface area contributed by atoms with Gasteiger partial charge in [-0.3, -0.25) is 18.8 Å². The molecular formula is C24H30N4O2. The second-order valence-electron chi connectivity index (χ2n) is 8.09. The Balaban J connectivity index is 1.37. The number of nitrogens with zero attached hydrogens (tertiary/aromatic N) is 3. The Kier molecular flexibility index (Phi) is 6.33. The first kappa shape index (κ1) is 20.4. The molecule has 0 unspecified atom stereocenters. The van der Waals surface area contributed by atoms with E-state index < -0.39 is 0 Å². The maximum absolute atomic E-state index is 13.0. The number of nitrogens with one attached hydrogen (secondary N) is 1. The number of para-hydroxylation sites is 2. The van der Waals surface area contributed by atoms with E-state index in [4.69, 9.17) is 0 Å². The number of hydrogen-bond acceptors (Lipinski definition) is 3. The van der Waals surface area contributed by atoms with Crippen molar-refractivity contribution >= 4 is 16.9 Å². The van der Waals surface area contributed by atoms with Crippen molar-refractivity contribution in [3.05, 3.63) is 70.6 Å². The molecule has 0 atom stereocenters. The fourth-order valence-corrected chi connectivity index (χ4v) is 4.31. The maximum Gasteiger partial charge on any atom is 0.330 e. The minimum Gasteiger partial charge on any atom is -0.352 e. The molecule has 158 valence electrons. The molecule has 6 heteroatoms. The molecule has 4 rings (SSSR count). The lowest BCUT2D eigenvalue weighted by atomic mass is 9.96. The lowest BCUT2D eigenvalue weighted by Crippen LogP contribution is -2.42. The molecule has 2 heterocycles. The van der Waals surface area contributed by atoms with Crippen LogP contribution in [0.2, 0.25) is 0 Å². The van der Waals surface area contributed by atoms with Gasteiger partial charge in [0.25, 0.3) is 0 Å². The average molecular weight is 407 g/mol. The molecule has 1 fully saturated rings. The number of aromatic nitrogens is 2. The molecule has 6 nitrogen and oxygen atoms in total. The summed E-state index contributed by atoms with van der Waals surface area (Å²) >= 11 is 0. The highest BCUT2D eigenvalue weighted by Crippen LogP contribution is 2.20. The van der Waals surface area contributed by atoms with Crippen LogP contribution >= 0.6 is 0 Å². The third-order valence-corrected chi connectivity index (χ3v) is 5.98. The van der Waals surface area contributed by atoms with Crippen molar-refractivity contribution in [3.63, 3.8) is 0 Å². The number of carbonyl (C=O) groups excluding carboxylic acids is 1. The van der Waals surface area contributed by atoms with Crippen LogP contribution in [0, 0.1) is 5.92 Å². The minimum atomic E-state index is 0.0446. The number of fused-ring (bicyclic) bond motifs is 1. The Bertz CT molecular complexity index is 1050. The van der Waals surface area contributed by atoms with E-state index in [1.54, 1.807) is 0 Å². The molecule has 1 amide bonds. The van der Waals surface area contributed by atoms with Gasteiger partial charge in [0.05, 0.1) is 17.7 Å². The predicted octanol–water partition coefficient (Wildman–Crippen LogP) is 3.20. The smallest absolute Gasteiger partial charge is 0.330 e. The van der Waals surface area contributed by atoms with Crippen molar-refractivity contribution in [1.29, 1.82) is 0 Å². The van der Waals surface area contributed by atoms with Crippen molar-refractivity contribution in [1.82, 2.24) is 19.4 Å². The zero-order valence-corrected chi connectivity index (χ0v) is 17.6. The Labute approximate surface area is 177 Å². The number of benzene rings is 2. The zero-order valence-electron chi connectivity index (χ0n) is 17.6. The third kappa shape index (κ3) is 4.33. The topological polar surface area (TPSA) is 59.3 Å². The molecule has 1 saturated heterocycles. The van der Waals surface area contributed by atoms with Crippen molar-refractivity contribution in [3.8, 4) is 0 Å². The van der Waals surface area contributed by atoms with Crippen LogP contribution in [0.5, 0.6) is 0 Å². The average Bonchev–Trinajstić information content (AvgIpc) is 3.05. The Morgan fingerprint density at radius 2 is 1.60 bits per heavy atom. The highest BCUT2D eigenvalue weighted by Gasteiger charge is 2.25. The Morgan fingerprint density at radius 3 is 2.27 bits per heavy atom. The number of rotatable bonds is 7. The van der Waals surface area contributed by atoms with E-state index >= 15 is 0 Å². The Hall–Kier alpha value is -2.86. The SMILES string of the molecule is CCCn1c(=O)n(CN2CCC(C(=O)NCc3ccccc3)CC2)c2ccccc21. The van der Waals surface area contributed by atoms with E-state index in [9.17, 15) is 9.59 Å². The maximum atomic E-state index is 13.0. The van der Waals surface area contributed by atoms with E-state index in [0.717, 1.165) is 55.5 Å². The summed E-state index contributed by atoms with van der Waals surface area (Å²) < 4.78 is 3.75. The lowest BCUT2D eigenvalue weighted by molar-refractivity contribution is -0.126. The number of imidazole rings is 1. The molecule has 30 heavy (non-hydrogen) atoms. The van der Waals surface area contributed by atoms with Gasteiger partial charge in [0.1, 0.15) is 0 Å². The van der Waals surface area contributed by atoms with Crippen molar-refractivity contribution in [2.45, 2.75) is 45.9 Å². The zero-order chi connectivity index (χ0) is 20.9. The molecule has 0 spiro atoms. The summed E-state index contributed by atoms with van der Waals surface area (Å²) in [7, 11) is 0. The van der Waals surface area contributed by atoms with Gasteiger partial charge in [-0.25, -0.2) is 4.79 Å². The van der Waals surface area contributed by atoms with Gasteiger partial charge in [-0.05, 0) is 37.0 Å². The van der Waals surface area contributed by atoms with Crippen LogP contribution in [-0.4, -0.2) is 33.0 Å². The highest BCUT2D eigenvalue weighted by atomic mass is 16.2. The summed E-state index contributed by atoms with van der Waals surface area (Å²) in [4.78, 5) is 27.8. The highest BCUT2D eigenvalue weighted by molar-refractivity contribution is 5.78. The number of likely N-dealkylation sites (tertiary alicyclic amines) is 1. The fourth-order valence-electron chi connectivity index (χ4n) is 4.31. The van der Waals surface area contributed by atoms with Crippen molar-refractivity contribution < 1.29 is 4.79 Å². The van der Waals surface area contributed by atoms with Crippen LogP contribution in [0.1, 0.15) is 31.7 Å². The van der Waals surface area contributed by atoms with Crippen LogP contribution in [0.4, 0.5) is 0 Å². The number of aryl methyl sites for hydroxylation is 1. The largest absolute Gasteiger partial charge is 0.352 e. The second kappa shape index (κ2) is 9.30. The molecule has 1 aliphatic heterocycles. The molecule has 0 aliphatic carbocycles. The predicted molar refractivity (Wildman–Crippen MR) is 119 cm³/mol. The van der Waals surface area contributed by atoms with Crippen LogP contribution in [0.15, 0.2) is 59.4 Å². The van der Waals surface area contributed by atoms with Gasteiger partial charge in [0.2, 0.25) is 5.91 Å². The number of piperidine rings is 1. The minimum absolute atomic E-state index is 0.0446. The summed E-state index contributed by atoms with van der Waals surface area (Å²) in [6, 6.07) is 18.0. The van der Waals surface area contributed by atoms with Crippen molar-refractivity contribution in [2.24, 2.45) is 5.92 Å². The molecule has 0 radical (unpaired) electrons. The van der Waals surface area contributed by atoms with E-state index in [1.807, 2.05) is 63.7 Å². The van der Waals surface area contributed by atoms with E-state index in [1.165, 1.54) is 0 Å². The van der Waals surface area contributed by atoms with Gasteiger partial charge in [-0.2, -0.15) is 0 Å². The van der Waals surface area contributed by atoms with Crippen LogP contribution in [0.3, 0.4) is 0 Å². The first-order valence-electron chi connectivity index (χ1n) is 10.9. The first-order chi connectivity index (χ1) is 14.7. The monoisotopic (exact) mass is 406 g/mol. The summed E-state index contributed by atoms with van der Waals surface area (Å²) in [5.41, 5.74) is 3.16. The normalized spacial score (nSPS) is 15.5. The summed E-state index contributed by atoms with van der Waals surface area (Å²) in [5, 5.41) is 3.07. The summed E-state index contributed by atoms with van der Waals surface area (Å²) in [5.74, 6) is 0.179. The van der Waals surface area contributed by atoms with E-state index in [2.05, 4.69) is 17.1 Å². The molecular weight excluding hydrogens is 376 g/mol. The third-order valence-electron chi connectivity index (χ3n) is 5.98. The van der Waals surface area contributed by atoms with Crippen LogP contribution < -0.4 is 11.0 Å². The number of amides is 1. The molecule has 1 N–H and O–H groups in total. The van der Waals surface area contributed by atoms with Crippen LogP contribution in [0.25, 0.3) is 11.0 Å². The van der Waals surface area contributed by atoms with Gasteiger partial charge in [-0.15, -0.1) is 0 Å². The number of carbonyl (C=O) groups is 1. The second-order valence-corrected chi connectivity index (χ2v) is 8.09. The van der Waals surface area contributed by atoms with Gasteiger partial charge in [-0.1, -0.05) is 49.4 Å². The van der Waals surface area contributed by atoms with Gasteiger partial charge in [0, 0.05) is 32.1 Å². The molecule has 2 aromatic carbocycles. The lowest BCUT2D eigenvalue weighted by Gasteiger charge is -2.31. The quantitative estimate of drug-likeness (QED) is 0.656. The van der Waals surface area contributed by atoms with Gasteiger partial charge < -0.3 is 5.32 Å². The van der Waals surface area contributed by atoms with Gasteiger partial charge in [0.15, 0.2) is 0 Å². The summed E-state index contributed by atoms with van der Waals surface area (Å²) in [6.07, 6.45) is 2.57. The van der Waals surface area contributed by atoms with Crippen LogP contribution in [-0.2, 0) is 24.6 Å². The fraction of sp³-hybridized carbons (Fsp3) is 0.417. The first-order valence-corrected chi connectivity index (χ1v) is 10.9. The standard InChI is InChI=1S/C24H30N4O2/c1-2-14-27-21-10-6-7-11-22(21)28(24(27)30)18-26-15-12-20(13-16-26)23(29)25-17-19-8-4-3-5-9-19/h3-11,20H,2,12-18H2,1H3,(H,25,29). The van der Waals surface area contributed by atoms with Crippen molar-refractivity contribution in [2.75, 3.05) is 13.1 Å². The van der Waals surface area contributed by atoms with E-state index in [0.29, 0.717) is 13.2 Å². The molecule has 1 aliphatic rings. The molecule has 0 saturated carbocycles. The van der Waals surface area contributed by atoms with E-state index in [-0.39, 0.29) is 17.5 Å².